The van der Waals surface area contributed by atoms with Gasteiger partial charge in [-0.1, -0.05) is 41.9 Å². The van der Waals surface area contributed by atoms with Gasteiger partial charge in [0.15, 0.2) is 0 Å². The predicted octanol–water partition coefficient (Wildman–Crippen LogP) is 4.61. The van der Waals surface area contributed by atoms with E-state index >= 15 is 0 Å². The van der Waals surface area contributed by atoms with Gasteiger partial charge in [-0.05, 0) is 17.7 Å². The van der Waals surface area contributed by atoms with Gasteiger partial charge in [0.2, 0.25) is 0 Å². The van der Waals surface area contributed by atoms with Gasteiger partial charge in [-0.3, -0.25) is 0 Å². The molecule has 0 aliphatic heterocycles. The van der Waals surface area contributed by atoms with Gasteiger partial charge in [0, 0.05) is 11.3 Å². The number of nitrogens with two attached hydrogens (primary N) is 1. The molecule has 0 aliphatic carbocycles. The first kappa shape index (κ1) is 12.8. The molecule has 2 aromatic carbocycles. The van der Waals surface area contributed by atoms with Gasteiger partial charge in [-0.15, -0.1) is 0 Å². The van der Waals surface area contributed by atoms with Crippen LogP contribution in [0.4, 0.5) is 18.9 Å². The number of rotatable bonds is 1. The Morgan fingerprint density at radius 1 is 1.00 bits per heavy atom. The van der Waals surface area contributed by atoms with Crippen LogP contribution in [0.2, 0.25) is 5.02 Å². The van der Waals surface area contributed by atoms with Crippen molar-refractivity contribution in [1.82, 2.24) is 0 Å². The Kier molecular flexibility index (Phi) is 3.22. The Balaban J connectivity index is 2.74. The molecule has 1 nitrogen and oxygen atoms in total. The molecule has 2 N–H and O–H groups in total. The molecule has 0 aromatic heterocycles. The van der Waals surface area contributed by atoms with Crippen molar-refractivity contribution >= 4 is 17.3 Å². The van der Waals surface area contributed by atoms with Gasteiger partial charge in [-0.25, -0.2) is 0 Å². The first-order chi connectivity index (χ1) is 8.39. The zero-order valence-electron chi connectivity index (χ0n) is 9.13. The van der Waals surface area contributed by atoms with Crippen molar-refractivity contribution < 1.29 is 13.2 Å². The van der Waals surface area contributed by atoms with Crippen molar-refractivity contribution in [2.24, 2.45) is 0 Å². The van der Waals surface area contributed by atoms with Crippen molar-refractivity contribution in [3.8, 4) is 11.1 Å². The van der Waals surface area contributed by atoms with Gasteiger partial charge in [0.25, 0.3) is 0 Å². The third-order valence-corrected chi connectivity index (χ3v) is 2.78. The minimum absolute atomic E-state index is 0.00600. The van der Waals surface area contributed by atoms with Crippen molar-refractivity contribution in [2.45, 2.75) is 6.18 Å². The van der Waals surface area contributed by atoms with Crippen molar-refractivity contribution in [3.05, 3.63) is 53.1 Å². The van der Waals surface area contributed by atoms with Crippen LogP contribution in [0, 0.1) is 0 Å². The summed E-state index contributed by atoms with van der Waals surface area (Å²) in [6, 6.07) is 10.4. The van der Waals surface area contributed by atoms with E-state index in [2.05, 4.69) is 0 Å². The highest BCUT2D eigenvalue weighted by molar-refractivity contribution is 6.33. The average Bonchev–Trinajstić information content (AvgIpc) is 2.28. The lowest BCUT2D eigenvalue weighted by molar-refractivity contribution is -0.137. The highest BCUT2D eigenvalue weighted by Crippen LogP contribution is 2.42. The molecule has 0 unspecified atom stereocenters. The van der Waals surface area contributed by atoms with E-state index in [0.29, 0.717) is 5.56 Å². The summed E-state index contributed by atoms with van der Waals surface area (Å²) >= 11 is 5.90. The summed E-state index contributed by atoms with van der Waals surface area (Å²) in [5.74, 6) is 0. The molecular formula is C13H9ClF3N. The minimum Gasteiger partial charge on any atom is -0.399 e. The van der Waals surface area contributed by atoms with Crippen LogP contribution in [0.3, 0.4) is 0 Å². The summed E-state index contributed by atoms with van der Waals surface area (Å²) in [7, 11) is 0. The van der Waals surface area contributed by atoms with Crippen molar-refractivity contribution in [2.75, 3.05) is 5.73 Å². The largest absolute Gasteiger partial charge is 0.417 e. The van der Waals surface area contributed by atoms with Gasteiger partial charge in [0.1, 0.15) is 0 Å². The lowest BCUT2D eigenvalue weighted by Crippen LogP contribution is -2.08. The van der Waals surface area contributed by atoms with Crippen LogP contribution in [0.1, 0.15) is 5.56 Å². The van der Waals surface area contributed by atoms with Crippen LogP contribution in [-0.2, 0) is 6.18 Å². The summed E-state index contributed by atoms with van der Waals surface area (Å²) in [5.41, 5.74) is 4.96. The summed E-state index contributed by atoms with van der Waals surface area (Å²) in [4.78, 5) is 0. The van der Waals surface area contributed by atoms with Crippen molar-refractivity contribution in [1.29, 1.82) is 0 Å². The highest BCUT2D eigenvalue weighted by Gasteiger charge is 2.35. The Bertz CT molecular complexity index is 564. The number of halogens is 4. The summed E-state index contributed by atoms with van der Waals surface area (Å²) < 4.78 is 38.9. The molecule has 0 saturated heterocycles. The van der Waals surface area contributed by atoms with Crippen LogP contribution in [0.15, 0.2) is 42.5 Å². The summed E-state index contributed by atoms with van der Waals surface area (Å²) in [6.07, 6.45) is -4.50. The number of hydrogen-bond donors (Lipinski definition) is 1. The van der Waals surface area contributed by atoms with Crippen LogP contribution >= 0.6 is 11.6 Å². The maximum atomic E-state index is 13.0. The zero-order valence-corrected chi connectivity index (χ0v) is 9.89. The van der Waals surface area contributed by atoms with Crippen molar-refractivity contribution in [3.63, 3.8) is 0 Å². The van der Waals surface area contributed by atoms with Gasteiger partial charge < -0.3 is 5.73 Å². The molecule has 0 fully saturated rings. The van der Waals surface area contributed by atoms with E-state index in [0.717, 1.165) is 6.07 Å². The molecule has 5 heteroatoms. The Morgan fingerprint density at radius 2 is 1.61 bits per heavy atom. The van der Waals surface area contributed by atoms with E-state index in [9.17, 15) is 13.2 Å². The fourth-order valence-electron chi connectivity index (χ4n) is 1.75. The Hall–Kier alpha value is -1.68. The van der Waals surface area contributed by atoms with Gasteiger partial charge in [0.05, 0.1) is 10.6 Å². The molecule has 0 amide bonds. The molecule has 0 saturated carbocycles. The number of nitrogen functional groups attached to an aromatic ring is 1. The Morgan fingerprint density at radius 3 is 2.17 bits per heavy atom. The van der Waals surface area contributed by atoms with E-state index in [4.69, 9.17) is 17.3 Å². The SMILES string of the molecule is Nc1cc(Cl)c(-c2ccccc2)c(C(F)(F)F)c1. The molecule has 18 heavy (non-hydrogen) atoms. The second-order valence-electron chi connectivity index (χ2n) is 3.79. The second-order valence-corrected chi connectivity index (χ2v) is 4.20. The molecule has 0 bridgehead atoms. The molecular weight excluding hydrogens is 263 g/mol. The molecule has 0 radical (unpaired) electrons. The molecule has 0 aliphatic rings. The smallest absolute Gasteiger partial charge is 0.399 e. The Labute approximate surface area is 107 Å². The average molecular weight is 272 g/mol. The van der Waals surface area contributed by atoms with Crippen LogP contribution in [0.5, 0.6) is 0 Å². The standard InChI is InChI=1S/C13H9ClF3N/c14-11-7-9(18)6-10(13(15,16)17)12(11)8-4-2-1-3-5-8/h1-7H,18H2. The number of benzene rings is 2. The first-order valence-electron chi connectivity index (χ1n) is 5.11. The quantitative estimate of drug-likeness (QED) is 0.753. The van der Waals surface area contributed by atoms with Gasteiger partial charge >= 0.3 is 6.18 Å². The first-order valence-corrected chi connectivity index (χ1v) is 5.49. The van der Waals surface area contributed by atoms with E-state index < -0.39 is 11.7 Å². The van der Waals surface area contributed by atoms with E-state index in [1.165, 1.54) is 6.07 Å². The fourth-order valence-corrected chi connectivity index (χ4v) is 2.09. The molecule has 2 rings (SSSR count). The highest BCUT2D eigenvalue weighted by atomic mass is 35.5. The normalized spacial score (nSPS) is 11.6. The monoisotopic (exact) mass is 271 g/mol. The van der Waals surface area contributed by atoms with Crippen LogP contribution in [0.25, 0.3) is 11.1 Å². The second kappa shape index (κ2) is 4.53. The maximum Gasteiger partial charge on any atom is 0.417 e. The number of hydrogen-bond acceptors (Lipinski definition) is 1. The third kappa shape index (κ3) is 2.43. The zero-order chi connectivity index (χ0) is 13.3. The minimum atomic E-state index is -4.50. The molecule has 0 heterocycles. The number of alkyl halides is 3. The van der Waals surface area contributed by atoms with Crippen LogP contribution < -0.4 is 5.73 Å². The molecule has 94 valence electrons. The van der Waals surface area contributed by atoms with E-state index in [1.54, 1.807) is 30.3 Å². The van der Waals surface area contributed by atoms with E-state index in [1.807, 2.05) is 0 Å². The lowest BCUT2D eigenvalue weighted by atomic mass is 9.98. The third-order valence-electron chi connectivity index (χ3n) is 2.48. The topological polar surface area (TPSA) is 26.0 Å². The lowest BCUT2D eigenvalue weighted by Gasteiger charge is -2.15. The number of anilines is 1. The molecule has 0 spiro atoms. The fraction of sp³-hybridized carbons (Fsp3) is 0.0769. The molecule has 0 atom stereocenters. The molecule has 2 aromatic rings. The predicted molar refractivity (Wildman–Crippen MR) is 66.3 cm³/mol. The van der Waals surface area contributed by atoms with Crippen LogP contribution in [-0.4, -0.2) is 0 Å². The summed E-state index contributed by atoms with van der Waals surface area (Å²) in [5, 5.41) is -0.00600. The van der Waals surface area contributed by atoms with E-state index in [-0.39, 0.29) is 16.3 Å². The van der Waals surface area contributed by atoms with Gasteiger partial charge in [-0.2, -0.15) is 13.2 Å². The summed E-state index contributed by atoms with van der Waals surface area (Å²) in [6.45, 7) is 0. The maximum absolute atomic E-state index is 13.0.